The molecule has 0 spiro atoms. The van der Waals surface area contributed by atoms with Gasteiger partial charge in [0.1, 0.15) is 0 Å². The maximum Gasteiger partial charge on any atom is 0.222 e. The summed E-state index contributed by atoms with van der Waals surface area (Å²) in [5.74, 6) is -0.146. The highest BCUT2D eigenvalue weighted by Gasteiger charge is 2.15. The number of carbonyl (C=O) groups excluding carboxylic acids is 1. The normalized spacial score (nSPS) is 14.2. The minimum Gasteiger partial charge on any atom is -0.387 e. The van der Waals surface area contributed by atoms with E-state index >= 15 is 0 Å². The minimum atomic E-state index is -0.824. The van der Waals surface area contributed by atoms with Crippen molar-refractivity contribution in [2.24, 2.45) is 5.92 Å². The molecule has 0 aliphatic rings. The van der Waals surface area contributed by atoms with Crippen LogP contribution in [0.15, 0.2) is 77.7 Å². The molecule has 0 radical (unpaired) electrons. The van der Waals surface area contributed by atoms with Crippen molar-refractivity contribution in [2.75, 3.05) is 34.4 Å². The van der Waals surface area contributed by atoms with E-state index in [0.29, 0.717) is 19.6 Å². The molecule has 1 amide bonds. The number of benzene rings is 2. The topological polar surface area (TPSA) is 68.2 Å². The highest BCUT2D eigenvalue weighted by Crippen LogP contribution is 2.24. The van der Waals surface area contributed by atoms with Gasteiger partial charge in [-0.25, -0.2) is 0 Å². The van der Waals surface area contributed by atoms with Crippen LogP contribution in [0.5, 0.6) is 0 Å². The number of amides is 1. The average Bonchev–Trinajstić information content (AvgIpc) is 2.81. The van der Waals surface area contributed by atoms with Crippen molar-refractivity contribution in [3.8, 4) is 0 Å². The quantitative estimate of drug-likeness (QED) is 0.262. The molecule has 0 fully saturated rings. The number of hydrogen-bond donors (Lipinski definition) is 1. The average molecular weight is 460 g/mol. The van der Waals surface area contributed by atoms with Crippen LogP contribution in [0.3, 0.4) is 0 Å². The van der Waals surface area contributed by atoms with Gasteiger partial charge in [-0.2, -0.15) is 0 Å². The number of hydrogen-bond acceptors (Lipinski definition) is 6. The molecule has 0 aliphatic carbocycles. The van der Waals surface area contributed by atoms with Crippen LogP contribution in [0.2, 0.25) is 0 Å². The van der Waals surface area contributed by atoms with Crippen LogP contribution in [-0.2, 0) is 25.6 Å². The summed E-state index contributed by atoms with van der Waals surface area (Å²) in [6.07, 6.45) is 2.96. The van der Waals surface area contributed by atoms with Crippen molar-refractivity contribution >= 4 is 17.7 Å². The fourth-order valence-corrected chi connectivity index (χ4v) is 3.55. The molecule has 0 saturated carbocycles. The zero-order chi connectivity index (χ0) is 23.2. The van der Waals surface area contributed by atoms with Gasteiger partial charge in [0.05, 0.1) is 25.9 Å². The highest BCUT2D eigenvalue weighted by atomic mass is 32.2. The third kappa shape index (κ3) is 10.4. The van der Waals surface area contributed by atoms with Crippen LogP contribution in [0.1, 0.15) is 12.0 Å². The summed E-state index contributed by atoms with van der Waals surface area (Å²) in [5.41, 5.74) is 0.546. The number of thioether (sulfide) groups is 1. The Morgan fingerprint density at radius 1 is 1.03 bits per heavy atom. The van der Waals surface area contributed by atoms with E-state index in [1.807, 2.05) is 66.7 Å². The molecule has 0 saturated heterocycles. The SMILES string of the molecule is COC(OC[C@H](O)/C=C/[C@@H](COCc1ccccc1)CC(=O)N(C)C)Sc1ccccc1. The van der Waals surface area contributed by atoms with E-state index in [9.17, 15) is 9.90 Å². The first kappa shape index (κ1) is 26.1. The van der Waals surface area contributed by atoms with Crippen LogP contribution in [0.25, 0.3) is 0 Å². The molecular formula is C25H33NO5S. The van der Waals surface area contributed by atoms with Gasteiger partial charge in [0, 0.05) is 38.4 Å². The minimum absolute atomic E-state index is 0.00686. The predicted octanol–water partition coefficient (Wildman–Crippen LogP) is 3.95. The predicted molar refractivity (Wildman–Crippen MR) is 127 cm³/mol. The number of nitrogens with zero attached hydrogens (tertiary/aromatic N) is 1. The monoisotopic (exact) mass is 459 g/mol. The van der Waals surface area contributed by atoms with Crippen molar-refractivity contribution in [2.45, 2.75) is 29.6 Å². The smallest absolute Gasteiger partial charge is 0.222 e. The third-order valence-corrected chi connectivity index (χ3v) is 5.62. The molecule has 174 valence electrons. The van der Waals surface area contributed by atoms with Crippen molar-refractivity contribution in [1.29, 1.82) is 0 Å². The molecule has 6 nitrogen and oxygen atoms in total. The lowest BCUT2D eigenvalue weighted by molar-refractivity contribution is -0.129. The molecule has 32 heavy (non-hydrogen) atoms. The Hall–Kier alpha value is -2.16. The number of ether oxygens (including phenoxy) is 3. The fourth-order valence-electron chi connectivity index (χ4n) is 2.77. The number of aliphatic hydroxyl groups is 1. The van der Waals surface area contributed by atoms with Crippen molar-refractivity contribution in [3.63, 3.8) is 0 Å². The van der Waals surface area contributed by atoms with Crippen molar-refractivity contribution in [3.05, 3.63) is 78.4 Å². The first-order chi connectivity index (χ1) is 15.5. The molecule has 0 aliphatic heterocycles. The summed E-state index contributed by atoms with van der Waals surface area (Å²) < 4.78 is 16.8. The maximum atomic E-state index is 12.2. The van der Waals surface area contributed by atoms with E-state index < -0.39 is 11.7 Å². The van der Waals surface area contributed by atoms with E-state index in [4.69, 9.17) is 14.2 Å². The second-order valence-corrected chi connectivity index (χ2v) is 8.59. The van der Waals surface area contributed by atoms with Gasteiger partial charge >= 0.3 is 0 Å². The van der Waals surface area contributed by atoms with Gasteiger partial charge < -0.3 is 24.2 Å². The summed E-state index contributed by atoms with van der Waals surface area (Å²) >= 11 is 1.43. The summed E-state index contributed by atoms with van der Waals surface area (Å²) in [7, 11) is 5.02. The lowest BCUT2D eigenvalue weighted by Crippen LogP contribution is -2.25. The number of carbonyl (C=O) groups is 1. The Labute approximate surface area is 195 Å². The molecule has 0 aromatic heterocycles. The van der Waals surface area contributed by atoms with E-state index in [1.54, 1.807) is 32.2 Å². The Morgan fingerprint density at radius 3 is 2.31 bits per heavy atom. The standard InChI is InChI=1S/C25H33NO5S/c1-26(2)24(28)16-21(18-30-17-20-10-6-4-7-11-20)14-15-22(27)19-31-25(29-3)32-23-12-8-5-9-13-23/h4-15,21-22,25,27H,16-19H2,1-3H3/b15-14+/t21-,22-,25?/m1/s1. The van der Waals surface area contributed by atoms with Gasteiger partial charge in [-0.15, -0.1) is 0 Å². The second-order valence-electron chi connectivity index (χ2n) is 7.49. The van der Waals surface area contributed by atoms with Crippen LogP contribution in [0.4, 0.5) is 0 Å². The maximum absolute atomic E-state index is 12.2. The first-order valence-electron chi connectivity index (χ1n) is 10.5. The molecule has 7 heteroatoms. The number of rotatable bonds is 14. The van der Waals surface area contributed by atoms with Crippen molar-refractivity contribution < 1.29 is 24.1 Å². The fraction of sp³-hybridized carbons (Fsp3) is 0.400. The van der Waals surface area contributed by atoms with Gasteiger partial charge in [-0.05, 0) is 17.7 Å². The van der Waals surface area contributed by atoms with E-state index in [0.717, 1.165) is 10.5 Å². The van der Waals surface area contributed by atoms with Gasteiger partial charge in [0.2, 0.25) is 11.5 Å². The molecule has 2 aromatic carbocycles. The van der Waals surface area contributed by atoms with Gasteiger partial charge in [-0.3, -0.25) is 4.79 Å². The van der Waals surface area contributed by atoms with E-state index in [1.165, 1.54) is 11.8 Å². The summed E-state index contributed by atoms with van der Waals surface area (Å²) in [6.45, 7) is 0.927. The zero-order valence-corrected chi connectivity index (χ0v) is 19.7. The lowest BCUT2D eigenvalue weighted by Gasteiger charge is -2.18. The molecule has 1 unspecified atom stereocenters. The van der Waals surface area contributed by atoms with E-state index in [-0.39, 0.29) is 18.4 Å². The van der Waals surface area contributed by atoms with Gasteiger partial charge in [0.25, 0.3) is 0 Å². The first-order valence-corrected chi connectivity index (χ1v) is 11.4. The summed E-state index contributed by atoms with van der Waals surface area (Å²) in [5, 5.41) is 10.3. The van der Waals surface area contributed by atoms with Gasteiger partial charge in [0.15, 0.2) is 0 Å². The largest absolute Gasteiger partial charge is 0.387 e. The molecule has 2 rings (SSSR count). The lowest BCUT2D eigenvalue weighted by atomic mass is 10.0. The summed E-state index contributed by atoms with van der Waals surface area (Å²) in [4.78, 5) is 14.8. The summed E-state index contributed by atoms with van der Waals surface area (Å²) in [6, 6.07) is 19.7. The third-order valence-electron chi connectivity index (χ3n) is 4.56. The van der Waals surface area contributed by atoms with Gasteiger partial charge in [-0.1, -0.05) is 72.4 Å². The molecule has 0 bridgehead atoms. The Bertz CT molecular complexity index is 800. The Morgan fingerprint density at radius 2 is 1.69 bits per heavy atom. The second kappa shape index (κ2) is 14.8. The number of aliphatic hydroxyl groups excluding tert-OH is 1. The van der Waals surface area contributed by atoms with Crippen LogP contribution in [-0.4, -0.2) is 62.1 Å². The van der Waals surface area contributed by atoms with Crippen molar-refractivity contribution in [1.82, 2.24) is 4.90 Å². The van der Waals surface area contributed by atoms with Crippen LogP contribution >= 0.6 is 11.8 Å². The highest BCUT2D eigenvalue weighted by molar-refractivity contribution is 7.99. The molecule has 0 heterocycles. The number of methoxy groups -OCH3 is 1. The molecular weight excluding hydrogens is 426 g/mol. The molecule has 2 aromatic rings. The molecule has 1 N–H and O–H groups in total. The van der Waals surface area contributed by atoms with Crippen LogP contribution < -0.4 is 0 Å². The Kier molecular flexibility index (Phi) is 12.1. The molecule has 3 atom stereocenters. The zero-order valence-electron chi connectivity index (χ0n) is 18.9. The Balaban J connectivity index is 1.85. The van der Waals surface area contributed by atoms with Crippen LogP contribution in [0, 0.1) is 5.92 Å². The van der Waals surface area contributed by atoms with E-state index in [2.05, 4.69) is 0 Å².